The molecule has 0 aromatic heterocycles. The van der Waals surface area contributed by atoms with Crippen molar-refractivity contribution in [3.63, 3.8) is 0 Å². The molecular formula is C21H28N2O4S. The first-order chi connectivity index (χ1) is 13.3. The van der Waals surface area contributed by atoms with E-state index in [4.69, 9.17) is 4.74 Å². The molecule has 28 heavy (non-hydrogen) atoms. The van der Waals surface area contributed by atoms with Crippen LogP contribution in [-0.2, 0) is 10.0 Å². The molecule has 0 aliphatic rings. The van der Waals surface area contributed by atoms with Crippen LogP contribution in [0.25, 0.3) is 0 Å². The number of amides is 1. The fourth-order valence-corrected chi connectivity index (χ4v) is 4.73. The van der Waals surface area contributed by atoms with Crippen LogP contribution >= 0.6 is 0 Å². The molecule has 152 valence electrons. The molecule has 0 heterocycles. The highest BCUT2D eigenvalue weighted by Crippen LogP contribution is 2.29. The highest BCUT2D eigenvalue weighted by Gasteiger charge is 2.28. The second kappa shape index (κ2) is 9.21. The van der Waals surface area contributed by atoms with E-state index in [0.29, 0.717) is 18.7 Å². The molecule has 2 aromatic carbocycles. The first kappa shape index (κ1) is 21.9. The Kier molecular flexibility index (Phi) is 7.21. The maximum absolute atomic E-state index is 13.3. The summed E-state index contributed by atoms with van der Waals surface area (Å²) in [6, 6.07) is 13.8. The third-order valence-electron chi connectivity index (χ3n) is 4.50. The topological polar surface area (TPSA) is 66.9 Å². The zero-order chi connectivity index (χ0) is 20.9. The van der Waals surface area contributed by atoms with Crippen molar-refractivity contribution >= 4 is 21.6 Å². The summed E-state index contributed by atoms with van der Waals surface area (Å²) in [5.74, 6) is -0.0425. The van der Waals surface area contributed by atoms with Gasteiger partial charge in [-0.3, -0.25) is 4.79 Å². The van der Waals surface area contributed by atoms with Gasteiger partial charge in [-0.15, -0.1) is 0 Å². The third-order valence-corrected chi connectivity index (χ3v) is 6.57. The van der Waals surface area contributed by atoms with Gasteiger partial charge in [-0.2, -0.15) is 4.31 Å². The first-order valence-electron chi connectivity index (χ1n) is 9.34. The normalized spacial score (nSPS) is 11.7. The Bertz CT molecular complexity index is 907. The minimum atomic E-state index is -3.77. The molecule has 0 radical (unpaired) electrons. The fraction of sp³-hybridized carbons (Fsp3) is 0.381. The van der Waals surface area contributed by atoms with Gasteiger partial charge < -0.3 is 9.64 Å². The Balaban J connectivity index is 2.56. The molecule has 7 heteroatoms. The van der Waals surface area contributed by atoms with Gasteiger partial charge in [0.2, 0.25) is 10.0 Å². The summed E-state index contributed by atoms with van der Waals surface area (Å²) in [6.45, 7) is 8.06. The van der Waals surface area contributed by atoms with E-state index in [-0.39, 0.29) is 22.6 Å². The van der Waals surface area contributed by atoms with Gasteiger partial charge in [0.25, 0.3) is 5.91 Å². The molecule has 1 amide bonds. The number of para-hydroxylation sites is 1. The van der Waals surface area contributed by atoms with Crippen molar-refractivity contribution in [1.82, 2.24) is 4.31 Å². The number of sulfonamides is 1. The first-order valence-corrected chi connectivity index (χ1v) is 10.8. The van der Waals surface area contributed by atoms with E-state index >= 15 is 0 Å². The van der Waals surface area contributed by atoms with Crippen molar-refractivity contribution in [2.75, 3.05) is 25.1 Å². The van der Waals surface area contributed by atoms with Crippen LogP contribution in [0.2, 0.25) is 0 Å². The molecule has 0 aliphatic heterocycles. The van der Waals surface area contributed by atoms with Crippen LogP contribution in [-0.4, -0.2) is 44.9 Å². The molecule has 0 saturated heterocycles. The van der Waals surface area contributed by atoms with Crippen molar-refractivity contribution < 1.29 is 17.9 Å². The maximum Gasteiger partial charge on any atom is 0.258 e. The Labute approximate surface area is 167 Å². The lowest BCUT2D eigenvalue weighted by Crippen LogP contribution is -2.37. The van der Waals surface area contributed by atoms with Gasteiger partial charge in [0.1, 0.15) is 10.6 Å². The Morgan fingerprint density at radius 2 is 1.64 bits per heavy atom. The van der Waals surface area contributed by atoms with Crippen LogP contribution < -0.4 is 9.64 Å². The van der Waals surface area contributed by atoms with Gasteiger partial charge in [0.05, 0.1) is 7.11 Å². The summed E-state index contributed by atoms with van der Waals surface area (Å²) in [7, 11) is -2.35. The smallest absolute Gasteiger partial charge is 0.258 e. The van der Waals surface area contributed by atoms with Crippen molar-refractivity contribution in [2.24, 2.45) is 0 Å². The van der Waals surface area contributed by atoms with Gasteiger partial charge in [-0.1, -0.05) is 32.0 Å². The molecule has 0 unspecified atom stereocenters. The van der Waals surface area contributed by atoms with Crippen molar-refractivity contribution in [3.8, 4) is 5.75 Å². The molecule has 2 aromatic rings. The molecular weight excluding hydrogens is 376 g/mol. The molecule has 0 spiro atoms. The number of carbonyl (C=O) groups is 1. The van der Waals surface area contributed by atoms with E-state index in [1.54, 1.807) is 24.8 Å². The number of hydrogen-bond acceptors (Lipinski definition) is 4. The molecule has 2 rings (SSSR count). The monoisotopic (exact) mass is 404 g/mol. The van der Waals surface area contributed by atoms with E-state index in [1.807, 2.05) is 44.2 Å². The van der Waals surface area contributed by atoms with Crippen molar-refractivity contribution in [1.29, 1.82) is 0 Å². The van der Waals surface area contributed by atoms with Crippen LogP contribution in [0.15, 0.2) is 53.4 Å². The standard InChI is InChI=1S/C21H28N2O4S/c1-6-22(7-2)28(25,26)20-15-17(13-14-19(20)27-5)21(24)23(16(3)4)18-11-9-8-10-12-18/h8-16H,6-7H2,1-5H3. The van der Waals surface area contributed by atoms with E-state index in [0.717, 1.165) is 5.69 Å². The number of rotatable bonds is 8. The van der Waals surface area contributed by atoms with Crippen LogP contribution in [0, 0.1) is 0 Å². The van der Waals surface area contributed by atoms with Crippen molar-refractivity contribution in [3.05, 3.63) is 54.1 Å². The lowest BCUT2D eigenvalue weighted by Gasteiger charge is -2.27. The number of carbonyl (C=O) groups excluding carboxylic acids is 1. The Morgan fingerprint density at radius 1 is 1.04 bits per heavy atom. The van der Waals surface area contributed by atoms with Crippen molar-refractivity contribution in [2.45, 2.75) is 38.6 Å². The summed E-state index contributed by atoms with van der Waals surface area (Å²) < 4.78 is 32.7. The second-order valence-corrected chi connectivity index (χ2v) is 8.47. The molecule has 0 fully saturated rings. The van der Waals surface area contributed by atoms with Crippen LogP contribution in [0.5, 0.6) is 5.75 Å². The summed E-state index contributed by atoms with van der Waals surface area (Å²) >= 11 is 0. The lowest BCUT2D eigenvalue weighted by atomic mass is 10.1. The zero-order valence-electron chi connectivity index (χ0n) is 17.0. The average Bonchev–Trinajstić information content (AvgIpc) is 2.68. The predicted molar refractivity (Wildman–Crippen MR) is 111 cm³/mol. The van der Waals surface area contributed by atoms with Crippen LogP contribution in [0.1, 0.15) is 38.1 Å². The number of hydrogen-bond donors (Lipinski definition) is 0. The van der Waals surface area contributed by atoms with Crippen LogP contribution in [0.3, 0.4) is 0 Å². The molecule has 6 nitrogen and oxygen atoms in total. The average molecular weight is 405 g/mol. The number of methoxy groups -OCH3 is 1. The highest BCUT2D eigenvalue weighted by atomic mass is 32.2. The third kappa shape index (κ3) is 4.36. The molecule has 0 N–H and O–H groups in total. The van der Waals surface area contributed by atoms with Gasteiger partial charge in [0.15, 0.2) is 0 Å². The Morgan fingerprint density at radius 3 is 2.14 bits per heavy atom. The molecule has 0 bridgehead atoms. The van der Waals surface area contributed by atoms with Gasteiger partial charge in [-0.05, 0) is 44.2 Å². The Hall–Kier alpha value is -2.38. The zero-order valence-corrected chi connectivity index (χ0v) is 17.9. The minimum absolute atomic E-state index is 0.00122. The van der Waals surface area contributed by atoms with E-state index in [9.17, 15) is 13.2 Å². The van der Waals surface area contributed by atoms with E-state index < -0.39 is 10.0 Å². The molecule has 0 aliphatic carbocycles. The minimum Gasteiger partial charge on any atom is -0.495 e. The summed E-state index contributed by atoms with van der Waals surface area (Å²) in [6.07, 6.45) is 0. The predicted octanol–water partition coefficient (Wildman–Crippen LogP) is 3.78. The lowest BCUT2D eigenvalue weighted by molar-refractivity contribution is 0.0980. The number of ether oxygens (including phenoxy) is 1. The van der Waals surface area contributed by atoms with Gasteiger partial charge in [0, 0.05) is 30.4 Å². The SMILES string of the molecule is CCN(CC)S(=O)(=O)c1cc(C(=O)N(c2ccccc2)C(C)C)ccc1OC. The van der Waals surface area contributed by atoms with E-state index in [2.05, 4.69) is 0 Å². The summed E-state index contributed by atoms with van der Waals surface area (Å²) in [4.78, 5) is 14.9. The maximum atomic E-state index is 13.3. The summed E-state index contributed by atoms with van der Waals surface area (Å²) in [5, 5.41) is 0. The number of benzene rings is 2. The second-order valence-electron chi connectivity index (χ2n) is 6.56. The number of nitrogens with zero attached hydrogens (tertiary/aromatic N) is 2. The molecule has 0 atom stereocenters. The summed E-state index contributed by atoms with van der Waals surface area (Å²) in [5.41, 5.74) is 1.05. The molecule has 0 saturated carbocycles. The van der Waals surface area contributed by atoms with Crippen LogP contribution in [0.4, 0.5) is 5.69 Å². The largest absolute Gasteiger partial charge is 0.495 e. The van der Waals surface area contributed by atoms with E-state index in [1.165, 1.54) is 23.5 Å². The van der Waals surface area contributed by atoms with Gasteiger partial charge in [-0.25, -0.2) is 8.42 Å². The highest BCUT2D eigenvalue weighted by molar-refractivity contribution is 7.89. The number of anilines is 1. The van der Waals surface area contributed by atoms with Gasteiger partial charge >= 0.3 is 0 Å². The quantitative estimate of drug-likeness (QED) is 0.671. The fourth-order valence-electron chi connectivity index (χ4n) is 3.09.